The topological polar surface area (TPSA) is 95.3 Å². The Morgan fingerprint density at radius 3 is 2.43 bits per heavy atom. The fourth-order valence-electron chi connectivity index (χ4n) is 3.27. The molecule has 2 aromatic carbocycles. The predicted octanol–water partition coefficient (Wildman–Crippen LogP) is 4.48. The molecule has 176 valence electrons. The van der Waals surface area contributed by atoms with E-state index in [4.69, 9.17) is 9.47 Å². The molecule has 0 amide bonds. The minimum atomic E-state index is -0.600. The first kappa shape index (κ1) is 23.4. The number of benzene rings is 2. The van der Waals surface area contributed by atoms with Gasteiger partial charge in [0.15, 0.2) is 11.6 Å². The summed E-state index contributed by atoms with van der Waals surface area (Å²) in [5.41, 5.74) is 2.32. The van der Waals surface area contributed by atoms with Gasteiger partial charge in [-0.2, -0.15) is 0 Å². The minimum Gasteiger partial charge on any atom is -0.494 e. The number of aromatic nitrogens is 3. The Kier molecular flexibility index (Phi) is 6.96. The molecular weight excluding hydrogens is 451 g/mol. The number of carbonyl (C=O) groups excluding carboxylic acids is 1. The molecule has 0 atom stereocenters. The number of hydrogen-bond acceptors (Lipinski definition) is 7. The molecule has 0 unspecified atom stereocenters. The van der Waals surface area contributed by atoms with Crippen LogP contribution < -0.4 is 15.6 Å². The molecule has 0 aliphatic carbocycles. The summed E-state index contributed by atoms with van der Waals surface area (Å²) < 4.78 is 25.9. The summed E-state index contributed by atoms with van der Waals surface area (Å²) in [5.74, 6) is -0.892. The zero-order valence-electron chi connectivity index (χ0n) is 18.9. The Balaban J connectivity index is 1.47. The number of ether oxygens (including phenoxy) is 2. The lowest BCUT2D eigenvalue weighted by Crippen LogP contribution is -2.15. The largest absolute Gasteiger partial charge is 0.494 e. The number of esters is 1. The van der Waals surface area contributed by atoms with Gasteiger partial charge in [0.1, 0.15) is 0 Å². The van der Waals surface area contributed by atoms with Gasteiger partial charge in [-0.3, -0.25) is 9.36 Å². The van der Waals surface area contributed by atoms with Crippen LogP contribution in [0.2, 0.25) is 0 Å². The molecule has 2 aromatic heterocycles. The quantitative estimate of drug-likeness (QED) is 0.396. The lowest BCUT2D eigenvalue weighted by atomic mass is 10.1. The lowest BCUT2D eigenvalue weighted by molar-refractivity contribution is 0.0600. The molecule has 0 radical (unpaired) electrons. The van der Waals surface area contributed by atoms with Crippen LogP contribution in [-0.2, 0) is 4.74 Å². The van der Waals surface area contributed by atoms with Crippen LogP contribution in [0.4, 0.5) is 16.0 Å². The molecule has 35 heavy (non-hydrogen) atoms. The van der Waals surface area contributed by atoms with Crippen LogP contribution >= 0.6 is 0 Å². The number of hydrogen-bond donors (Lipinski definition) is 1. The van der Waals surface area contributed by atoms with Crippen LogP contribution in [0.15, 0.2) is 78.0 Å². The average Bonchev–Trinajstić information content (AvgIpc) is 2.89. The third-order valence-corrected chi connectivity index (χ3v) is 5.06. The fourth-order valence-corrected chi connectivity index (χ4v) is 3.27. The van der Waals surface area contributed by atoms with E-state index in [9.17, 15) is 14.0 Å². The standard InChI is InChI=1S/C26H21FN4O4/c1-34-22-14-19(25(33)35-2)13-18(24(22)27)7-6-17-15-28-26(29-16-17)30-20-8-10-21(11-9-20)31-12-4-3-5-23(31)32/h3-16H,1-2H3,(H,28,29,30)/b7-6+. The highest BCUT2D eigenvalue weighted by atomic mass is 19.1. The second-order valence-corrected chi connectivity index (χ2v) is 7.33. The highest BCUT2D eigenvalue weighted by Crippen LogP contribution is 2.25. The maximum Gasteiger partial charge on any atom is 0.338 e. The van der Waals surface area contributed by atoms with Crippen molar-refractivity contribution in [3.8, 4) is 11.4 Å². The molecule has 0 saturated carbocycles. The van der Waals surface area contributed by atoms with Gasteiger partial charge in [0.2, 0.25) is 5.95 Å². The van der Waals surface area contributed by atoms with Crippen molar-refractivity contribution in [2.45, 2.75) is 0 Å². The molecule has 0 fully saturated rings. The van der Waals surface area contributed by atoms with E-state index in [-0.39, 0.29) is 22.4 Å². The number of carbonyl (C=O) groups is 1. The highest BCUT2D eigenvalue weighted by Gasteiger charge is 2.14. The van der Waals surface area contributed by atoms with E-state index in [1.54, 1.807) is 41.4 Å². The van der Waals surface area contributed by atoms with Gasteiger partial charge in [0.05, 0.1) is 19.8 Å². The normalized spacial score (nSPS) is 10.8. The molecule has 9 heteroatoms. The molecule has 8 nitrogen and oxygen atoms in total. The van der Waals surface area contributed by atoms with E-state index < -0.39 is 11.8 Å². The van der Waals surface area contributed by atoms with E-state index in [0.29, 0.717) is 11.5 Å². The van der Waals surface area contributed by atoms with Gasteiger partial charge in [-0.25, -0.2) is 19.2 Å². The zero-order valence-corrected chi connectivity index (χ0v) is 18.9. The van der Waals surface area contributed by atoms with Crippen LogP contribution in [-0.4, -0.2) is 34.7 Å². The van der Waals surface area contributed by atoms with Gasteiger partial charge in [0, 0.05) is 47.2 Å². The van der Waals surface area contributed by atoms with Crippen molar-refractivity contribution < 1.29 is 18.7 Å². The average molecular weight is 472 g/mol. The summed E-state index contributed by atoms with van der Waals surface area (Å²) in [5, 5.41) is 3.09. The molecule has 1 N–H and O–H groups in total. The minimum absolute atomic E-state index is 0.0634. The summed E-state index contributed by atoms with van der Waals surface area (Å²) in [6.07, 6.45) is 7.97. The predicted molar refractivity (Wildman–Crippen MR) is 131 cm³/mol. The summed E-state index contributed by atoms with van der Waals surface area (Å²) in [4.78, 5) is 32.4. The van der Waals surface area contributed by atoms with Crippen LogP contribution in [0.25, 0.3) is 17.8 Å². The third kappa shape index (κ3) is 5.41. The third-order valence-electron chi connectivity index (χ3n) is 5.06. The van der Waals surface area contributed by atoms with E-state index >= 15 is 0 Å². The number of pyridine rings is 1. The van der Waals surface area contributed by atoms with Crippen LogP contribution in [0.5, 0.6) is 5.75 Å². The van der Waals surface area contributed by atoms with Crippen molar-refractivity contribution in [1.82, 2.24) is 14.5 Å². The molecule has 4 rings (SSSR count). The van der Waals surface area contributed by atoms with E-state index in [0.717, 1.165) is 11.4 Å². The van der Waals surface area contributed by atoms with Gasteiger partial charge < -0.3 is 14.8 Å². The molecular formula is C26H21FN4O4. The van der Waals surface area contributed by atoms with Gasteiger partial charge in [-0.15, -0.1) is 0 Å². The van der Waals surface area contributed by atoms with Crippen molar-refractivity contribution in [3.63, 3.8) is 0 Å². The molecule has 0 spiro atoms. The van der Waals surface area contributed by atoms with Crippen molar-refractivity contribution in [3.05, 3.63) is 106 Å². The zero-order chi connectivity index (χ0) is 24.8. The summed E-state index contributed by atoms with van der Waals surface area (Å²) in [6.45, 7) is 0. The van der Waals surface area contributed by atoms with Gasteiger partial charge in [0.25, 0.3) is 5.56 Å². The highest BCUT2D eigenvalue weighted by molar-refractivity contribution is 5.91. The second-order valence-electron chi connectivity index (χ2n) is 7.33. The molecule has 0 bridgehead atoms. The first-order valence-corrected chi connectivity index (χ1v) is 10.5. The number of nitrogens with one attached hydrogen (secondary N) is 1. The summed E-state index contributed by atoms with van der Waals surface area (Å²) >= 11 is 0. The Labute approximate surface area is 200 Å². The number of halogens is 1. The van der Waals surface area contributed by atoms with Crippen molar-refractivity contribution >= 4 is 29.8 Å². The lowest BCUT2D eigenvalue weighted by Gasteiger charge is -2.08. The van der Waals surface area contributed by atoms with Crippen LogP contribution in [0.1, 0.15) is 21.5 Å². The number of methoxy groups -OCH3 is 2. The Hall–Kier alpha value is -4.79. The smallest absolute Gasteiger partial charge is 0.338 e. The monoisotopic (exact) mass is 472 g/mol. The summed E-state index contributed by atoms with van der Waals surface area (Å²) in [6, 6.07) is 14.9. The maximum atomic E-state index is 14.6. The molecule has 2 heterocycles. The SMILES string of the molecule is COC(=O)c1cc(/C=C/c2cnc(Nc3ccc(-n4ccccc4=O)cc3)nc2)c(F)c(OC)c1. The molecule has 0 aliphatic heterocycles. The number of nitrogens with zero attached hydrogens (tertiary/aromatic N) is 3. The van der Waals surface area contributed by atoms with Gasteiger partial charge in [-0.1, -0.05) is 18.2 Å². The van der Waals surface area contributed by atoms with E-state index in [2.05, 4.69) is 15.3 Å². The maximum absolute atomic E-state index is 14.6. The Morgan fingerprint density at radius 1 is 1.03 bits per heavy atom. The van der Waals surface area contributed by atoms with Crippen molar-refractivity contribution in [2.24, 2.45) is 0 Å². The first-order chi connectivity index (χ1) is 17.0. The fraction of sp³-hybridized carbons (Fsp3) is 0.0769. The van der Waals surface area contributed by atoms with Gasteiger partial charge >= 0.3 is 5.97 Å². The molecule has 0 aliphatic rings. The van der Waals surface area contributed by atoms with Gasteiger partial charge in [-0.05, 0) is 42.5 Å². The van der Waals surface area contributed by atoms with Crippen molar-refractivity contribution in [2.75, 3.05) is 19.5 Å². The Bertz CT molecular complexity index is 1430. The van der Waals surface area contributed by atoms with Crippen LogP contribution in [0.3, 0.4) is 0 Å². The Morgan fingerprint density at radius 2 is 1.77 bits per heavy atom. The molecule has 4 aromatic rings. The van der Waals surface area contributed by atoms with Crippen molar-refractivity contribution in [1.29, 1.82) is 0 Å². The van der Waals surface area contributed by atoms with E-state index in [1.165, 1.54) is 38.5 Å². The first-order valence-electron chi connectivity index (χ1n) is 10.5. The number of rotatable bonds is 7. The van der Waals surface area contributed by atoms with E-state index in [1.807, 2.05) is 24.3 Å². The summed E-state index contributed by atoms with van der Waals surface area (Å²) in [7, 11) is 2.57. The van der Waals surface area contributed by atoms with Crippen LogP contribution in [0, 0.1) is 5.82 Å². The number of anilines is 2. The second kappa shape index (κ2) is 10.4. The molecule has 0 saturated heterocycles.